The van der Waals surface area contributed by atoms with Crippen molar-refractivity contribution < 1.29 is 9.26 Å². The number of nitrogens with one attached hydrogen (secondary N) is 1. The van der Waals surface area contributed by atoms with Crippen molar-refractivity contribution in [2.75, 3.05) is 26.3 Å². The molecule has 0 aromatic carbocycles. The zero-order chi connectivity index (χ0) is 13.3. The second-order valence-corrected chi connectivity index (χ2v) is 6.19. The summed E-state index contributed by atoms with van der Waals surface area (Å²) in [6.45, 7) is 8.16. The van der Waals surface area contributed by atoms with Gasteiger partial charge >= 0.3 is 0 Å². The Kier molecular flexibility index (Phi) is 3.58. The van der Waals surface area contributed by atoms with Crippen LogP contribution < -0.4 is 5.32 Å². The van der Waals surface area contributed by atoms with Crippen LogP contribution in [0.25, 0.3) is 0 Å². The van der Waals surface area contributed by atoms with E-state index >= 15 is 0 Å². The van der Waals surface area contributed by atoms with Gasteiger partial charge in [-0.2, -0.15) is 4.98 Å². The average molecular weight is 265 g/mol. The minimum atomic E-state index is 0.0252. The highest BCUT2D eigenvalue weighted by Gasteiger charge is 2.43. The molecule has 1 aromatic heterocycles. The Morgan fingerprint density at radius 1 is 1.47 bits per heavy atom. The summed E-state index contributed by atoms with van der Waals surface area (Å²) in [5.41, 5.74) is 0.0252. The third-order valence-electron chi connectivity index (χ3n) is 4.68. The van der Waals surface area contributed by atoms with Gasteiger partial charge in [-0.05, 0) is 31.2 Å². The van der Waals surface area contributed by atoms with Gasteiger partial charge in [-0.25, -0.2) is 0 Å². The number of rotatable bonds is 4. The molecule has 0 saturated carbocycles. The van der Waals surface area contributed by atoms with Gasteiger partial charge < -0.3 is 14.6 Å². The molecular formula is C14H23N3O2. The molecule has 19 heavy (non-hydrogen) atoms. The summed E-state index contributed by atoms with van der Waals surface area (Å²) in [7, 11) is 0. The number of aromatic nitrogens is 2. The van der Waals surface area contributed by atoms with Crippen LogP contribution in [0.4, 0.5) is 0 Å². The van der Waals surface area contributed by atoms with E-state index in [1.54, 1.807) is 0 Å². The van der Waals surface area contributed by atoms with E-state index in [2.05, 4.69) is 29.3 Å². The van der Waals surface area contributed by atoms with Crippen molar-refractivity contribution in [2.24, 2.45) is 11.8 Å². The highest BCUT2D eigenvalue weighted by molar-refractivity contribution is 5.12. The summed E-state index contributed by atoms with van der Waals surface area (Å²) in [4.78, 5) is 4.68. The first-order chi connectivity index (χ1) is 9.21. The van der Waals surface area contributed by atoms with E-state index in [-0.39, 0.29) is 5.41 Å². The molecule has 1 N–H and O–H groups in total. The highest BCUT2D eigenvalue weighted by atomic mass is 16.5. The lowest BCUT2D eigenvalue weighted by Gasteiger charge is -2.28. The van der Waals surface area contributed by atoms with Gasteiger partial charge in [0.1, 0.15) is 0 Å². The van der Waals surface area contributed by atoms with Crippen LogP contribution in [0.1, 0.15) is 38.4 Å². The van der Waals surface area contributed by atoms with E-state index in [4.69, 9.17) is 9.26 Å². The molecule has 0 spiro atoms. The van der Waals surface area contributed by atoms with E-state index in [1.165, 1.54) is 0 Å². The number of hydrogen-bond donors (Lipinski definition) is 1. The van der Waals surface area contributed by atoms with E-state index < -0.39 is 0 Å². The molecule has 0 amide bonds. The van der Waals surface area contributed by atoms with Crippen LogP contribution in [0.15, 0.2) is 4.52 Å². The van der Waals surface area contributed by atoms with Gasteiger partial charge in [-0.15, -0.1) is 0 Å². The molecule has 0 aliphatic carbocycles. The number of ether oxygens (including phenoxy) is 1. The largest absolute Gasteiger partial charge is 0.381 e. The third kappa shape index (κ3) is 2.41. The number of nitrogens with zero attached hydrogens (tertiary/aromatic N) is 2. The molecule has 0 radical (unpaired) electrons. The lowest BCUT2D eigenvalue weighted by molar-refractivity contribution is 0.185. The first kappa shape index (κ1) is 13.1. The van der Waals surface area contributed by atoms with Gasteiger partial charge in [0, 0.05) is 26.2 Å². The Hall–Kier alpha value is -0.940. The zero-order valence-corrected chi connectivity index (χ0v) is 11.8. The van der Waals surface area contributed by atoms with Gasteiger partial charge in [-0.1, -0.05) is 19.0 Å². The van der Waals surface area contributed by atoms with Gasteiger partial charge in [0.05, 0.1) is 5.41 Å². The minimum absolute atomic E-state index is 0.0252. The quantitative estimate of drug-likeness (QED) is 0.894. The smallest absolute Gasteiger partial charge is 0.234 e. The summed E-state index contributed by atoms with van der Waals surface area (Å²) >= 11 is 0. The van der Waals surface area contributed by atoms with Crippen molar-refractivity contribution >= 4 is 0 Å². The van der Waals surface area contributed by atoms with Crippen molar-refractivity contribution in [3.05, 3.63) is 11.7 Å². The van der Waals surface area contributed by atoms with Gasteiger partial charge in [0.15, 0.2) is 5.82 Å². The van der Waals surface area contributed by atoms with Crippen LogP contribution in [0.2, 0.25) is 0 Å². The molecule has 2 saturated heterocycles. The van der Waals surface area contributed by atoms with E-state index in [0.717, 1.165) is 57.3 Å². The zero-order valence-electron chi connectivity index (χ0n) is 11.8. The molecular weight excluding hydrogens is 242 g/mol. The van der Waals surface area contributed by atoms with E-state index in [0.29, 0.717) is 11.8 Å². The topological polar surface area (TPSA) is 60.2 Å². The summed E-state index contributed by atoms with van der Waals surface area (Å²) in [5, 5.41) is 7.61. The molecule has 5 nitrogen and oxygen atoms in total. The fraction of sp³-hybridized carbons (Fsp3) is 0.857. The fourth-order valence-corrected chi connectivity index (χ4v) is 3.18. The fourth-order valence-electron chi connectivity index (χ4n) is 3.18. The summed E-state index contributed by atoms with van der Waals surface area (Å²) in [5.74, 6) is 2.73. The molecule has 106 valence electrons. The van der Waals surface area contributed by atoms with E-state index in [1.807, 2.05) is 0 Å². The Bertz CT molecular complexity index is 418. The number of hydrogen-bond acceptors (Lipinski definition) is 5. The molecule has 2 atom stereocenters. The lowest BCUT2D eigenvalue weighted by Crippen LogP contribution is -2.35. The summed E-state index contributed by atoms with van der Waals surface area (Å²) in [6, 6.07) is 0. The standard InChI is InChI=1S/C14H23N3O2/c1-10(2)14(4-5-15-9-14)13-16-12(17-19-13)7-11-3-6-18-8-11/h10-11,15H,3-9H2,1-2H3. The SMILES string of the molecule is CC(C)C1(c2nc(CC3CCOC3)no2)CCNC1. The second-order valence-electron chi connectivity index (χ2n) is 6.19. The van der Waals surface area contributed by atoms with Crippen molar-refractivity contribution in [1.82, 2.24) is 15.5 Å². The van der Waals surface area contributed by atoms with Gasteiger partial charge in [0.2, 0.25) is 5.89 Å². The average Bonchev–Trinajstić information content (AvgIpc) is 3.10. The molecule has 2 aliphatic heterocycles. The Labute approximate surface area is 114 Å². The molecule has 3 heterocycles. The van der Waals surface area contributed by atoms with E-state index in [9.17, 15) is 0 Å². The van der Waals surface area contributed by atoms with Crippen LogP contribution in [0.5, 0.6) is 0 Å². The maximum absolute atomic E-state index is 5.58. The van der Waals surface area contributed by atoms with Crippen molar-refractivity contribution in [3.8, 4) is 0 Å². The second kappa shape index (κ2) is 5.21. The van der Waals surface area contributed by atoms with Crippen LogP contribution in [-0.2, 0) is 16.6 Å². The van der Waals surface area contributed by atoms with Crippen molar-refractivity contribution in [1.29, 1.82) is 0 Å². The van der Waals surface area contributed by atoms with Crippen LogP contribution >= 0.6 is 0 Å². The molecule has 5 heteroatoms. The summed E-state index contributed by atoms with van der Waals surface area (Å²) in [6.07, 6.45) is 3.07. The van der Waals surface area contributed by atoms with Crippen LogP contribution in [-0.4, -0.2) is 36.4 Å². The normalized spacial score (nSPS) is 31.4. The lowest BCUT2D eigenvalue weighted by atomic mass is 9.76. The van der Waals surface area contributed by atoms with Gasteiger partial charge in [0.25, 0.3) is 0 Å². The molecule has 2 aliphatic rings. The third-order valence-corrected chi connectivity index (χ3v) is 4.68. The molecule has 0 bridgehead atoms. The predicted molar refractivity (Wildman–Crippen MR) is 70.9 cm³/mol. The Morgan fingerprint density at radius 2 is 2.37 bits per heavy atom. The summed E-state index contributed by atoms with van der Waals surface area (Å²) < 4.78 is 11.0. The first-order valence-electron chi connectivity index (χ1n) is 7.32. The molecule has 1 aromatic rings. The monoisotopic (exact) mass is 265 g/mol. The van der Waals surface area contributed by atoms with Crippen molar-refractivity contribution in [3.63, 3.8) is 0 Å². The van der Waals surface area contributed by atoms with Gasteiger partial charge in [-0.3, -0.25) is 0 Å². The Balaban J connectivity index is 1.75. The molecule has 2 fully saturated rings. The van der Waals surface area contributed by atoms with Crippen molar-refractivity contribution in [2.45, 2.75) is 38.5 Å². The highest BCUT2D eigenvalue weighted by Crippen LogP contribution is 2.37. The maximum Gasteiger partial charge on any atom is 0.234 e. The van der Waals surface area contributed by atoms with Crippen LogP contribution in [0, 0.1) is 11.8 Å². The maximum atomic E-state index is 5.58. The molecule has 3 rings (SSSR count). The van der Waals surface area contributed by atoms with Crippen LogP contribution in [0.3, 0.4) is 0 Å². The predicted octanol–water partition coefficient (Wildman–Crippen LogP) is 1.54. The Morgan fingerprint density at radius 3 is 3.00 bits per heavy atom. The minimum Gasteiger partial charge on any atom is -0.381 e. The molecule has 2 unspecified atom stereocenters. The first-order valence-corrected chi connectivity index (χ1v) is 7.32.